The quantitative estimate of drug-likeness (QED) is 0.627. The van der Waals surface area contributed by atoms with E-state index in [0.717, 1.165) is 23.1 Å². The first-order chi connectivity index (χ1) is 14.8. The molecular formula is C20H26N6O3S2. The summed E-state index contributed by atoms with van der Waals surface area (Å²) in [5.74, 6) is 1.60. The predicted molar refractivity (Wildman–Crippen MR) is 118 cm³/mol. The molecule has 5 rings (SSSR count). The van der Waals surface area contributed by atoms with Crippen molar-refractivity contribution >= 4 is 37.4 Å². The van der Waals surface area contributed by atoms with Crippen LogP contribution < -0.4 is 5.73 Å². The second-order valence-corrected chi connectivity index (χ2v) is 11.2. The number of hydrogen-bond acceptors (Lipinski definition) is 9. The molecule has 0 bridgehead atoms. The van der Waals surface area contributed by atoms with Gasteiger partial charge in [-0.1, -0.05) is 5.16 Å². The van der Waals surface area contributed by atoms with Crippen LogP contribution in [-0.4, -0.2) is 58.9 Å². The Balaban J connectivity index is 1.30. The fourth-order valence-electron chi connectivity index (χ4n) is 4.60. The second-order valence-electron chi connectivity index (χ2n) is 8.25. The number of piperazine rings is 1. The average molecular weight is 463 g/mol. The van der Waals surface area contributed by atoms with E-state index >= 15 is 0 Å². The Morgan fingerprint density at radius 3 is 2.55 bits per heavy atom. The highest BCUT2D eigenvalue weighted by Crippen LogP contribution is 2.37. The SMILES string of the molecule is Cc1noc(C)c1S(=O)(=O)N1CCN(Cc2nc(N)c3c4c(sc3n2)CCCC4)CC1. The molecule has 0 amide bonds. The number of nitrogens with zero attached hydrogens (tertiary/aromatic N) is 5. The lowest BCUT2D eigenvalue weighted by Crippen LogP contribution is -2.48. The Kier molecular flexibility index (Phi) is 5.24. The number of thiophene rings is 1. The molecule has 0 radical (unpaired) electrons. The van der Waals surface area contributed by atoms with E-state index in [1.54, 1.807) is 25.2 Å². The van der Waals surface area contributed by atoms with Crippen LogP contribution in [0, 0.1) is 13.8 Å². The molecule has 9 nitrogen and oxygen atoms in total. The van der Waals surface area contributed by atoms with E-state index in [0.29, 0.717) is 55.8 Å². The molecule has 31 heavy (non-hydrogen) atoms. The number of anilines is 1. The third kappa shape index (κ3) is 3.63. The molecule has 1 aliphatic heterocycles. The van der Waals surface area contributed by atoms with Crippen LogP contribution in [0.2, 0.25) is 0 Å². The molecule has 0 aromatic carbocycles. The lowest BCUT2D eigenvalue weighted by atomic mass is 9.97. The maximum atomic E-state index is 13.0. The topological polar surface area (TPSA) is 118 Å². The molecule has 4 heterocycles. The van der Waals surface area contributed by atoms with Crippen molar-refractivity contribution in [2.75, 3.05) is 31.9 Å². The molecule has 2 N–H and O–H groups in total. The molecule has 11 heteroatoms. The summed E-state index contributed by atoms with van der Waals surface area (Å²) in [6.07, 6.45) is 4.58. The molecule has 0 spiro atoms. The molecule has 0 unspecified atom stereocenters. The summed E-state index contributed by atoms with van der Waals surface area (Å²) >= 11 is 1.74. The number of hydrogen-bond donors (Lipinski definition) is 1. The Morgan fingerprint density at radius 2 is 1.84 bits per heavy atom. The summed E-state index contributed by atoms with van der Waals surface area (Å²) < 4.78 is 32.6. The highest BCUT2D eigenvalue weighted by molar-refractivity contribution is 7.89. The smallest absolute Gasteiger partial charge is 0.248 e. The van der Waals surface area contributed by atoms with Crippen LogP contribution in [-0.2, 0) is 29.4 Å². The van der Waals surface area contributed by atoms with Gasteiger partial charge < -0.3 is 10.3 Å². The van der Waals surface area contributed by atoms with Gasteiger partial charge in [-0.25, -0.2) is 18.4 Å². The third-order valence-corrected chi connectivity index (χ3v) is 9.48. The van der Waals surface area contributed by atoms with Crippen LogP contribution in [0.5, 0.6) is 0 Å². The maximum absolute atomic E-state index is 13.0. The van der Waals surface area contributed by atoms with Gasteiger partial charge in [0.2, 0.25) is 10.0 Å². The van der Waals surface area contributed by atoms with E-state index < -0.39 is 10.0 Å². The number of nitrogen functional groups attached to an aromatic ring is 1. The fourth-order valence-corrected chi connectivity index (χ4v) is 7.60. The van der Waals surface area contributed by atoms with E-state index in [9.17, 15) is 8.42 Å². The van der Waals surface area contributed by atoms with Gasteiger partial charge in [0.25, 0.3) is 0 Å². The highest BCUT2D eigenvalue weighted by Gasteiger charge is 2.33. The molecule has 1 saturated heterocycles. The Labute approximate surface area is 185 Å². The number of rotatable bonds is 4. The van der Waals surface area contributed by atoms with Crippen LogP contribution in [0.25, 0.3) is 10.2 Å². The first kappa shape index (κ1) is 20.8. The van der Waals surface area contributed by atoms with Gasteiger partial charge in [0.05, 0.1) is 11.9 Å². The van der Waals surface area contributed by atoms with Crippen LogP contribution in [0.15, 0.2) is 9.42 Å². The van der Waals surface area contributed by atoms with E-state index in [1.807, 2.05) is 0 Å². The normalized spacial score (nSPS) is 18.5. The van der Waals surface area contributed by atoms with Crippen molar-refractivity contribution in [1.29, 1.82) is 0 Å². The van der Waals surface area contributed by atoms with E-state index in [2.05, 4.69) is 15.0 Å². The van der Waals surface area contributed by atoms with Gasteiger partial charge >= 0.3 is 0 Å². The molecule has 3 aromatic heterocycles. The van der Waals surface area contributed by atoms with E-state index in [1.165, 1.54) is 27.6 Å². The number of fused-ring (bicyclic) bond motifs is 3. The van der Waals surface area contributed by atoms with Crippen molar-refractivity contribution < 1.29 is 12.9 Å². The zero-order valence-electron chi connectivity index (χ0n) is 17.7. The van der Waals surface area contributed by atoms with Crippen LogP contribution in [0.1, 0.15) is 40.6 Å². The summed E-state index contributed by atoms with van der Waals surface area (Å²) in [7, 11) is -3.61. The minimum absolute atomic E-state index is 0.184. The molecule has 0 saturated carbocycles. The summed E-state index contributed by atoms with van der Waals surface area (Å²) in [5.41, 5.74) is 8.07. The van der Waals surface area contributed by atoms with Crippen molar-refractivity contribution in [2.45, 2.75) is 51.0 Å². The number of aryl methyl sites for hydroxylation is 4. The van der Waals surface area contributed by atoms with Crippen molar-refractivity contribution in [3.8, 4) is 0 Å². The van der Waals surface area contributed by atoms with Gasteiger partial charge in [0.15, 0.2) is 5.76 Å². The second kappa shape index (κ2) is 7.80. The maximum Gasteiger partial charge on any atom is 0.248 e. The molecular weight excluding hydrogens is 436 g/mol. The third-order valence-electron chi connectivity index (χ3n) is 6.15. The summed E-state index contributed by atoms with van der Waals surface area (Å²) in [6, 6.07) is 0. The average Bonchev–Trinajstić information content (AvgIpc) is 3.28. The number of nitrogens with two attached hydrogens (primary N) is 1. The van der Waals surface area contributed by atoms with Gasteiger partial charge in [-0.05, 0) is 45.1 Å². The molecule has 1 fully saturated rings. The largest absolute Gasteiger partial charge is 0.383 e. The van der Waals surface area contributed by atoms with Crippen molar-refractivity contribution in [3.05, 3.63) is 27.7 Å². The van der Waals surface area contributed by atoms with Gasteiger partial charge in [0, 0.05) is 31.1 Å². The predicted octanol–water partition coefficient (Wildman–Crippen LogP) is 2.26. The van der Waals surface area contributed by atoms with Crippen LogP contribution in [0.4, 0.5) is 5.82 Å². The van der Waals surface area contributed by atoms with Crippen molar-refractivity contribution in [3.63, 3.8) is 0 Å². The minimum Gasteiger partial charge on any atom is -0.383 e. The lowest BCUT2D eigenvalue weighted by molar-refractivity contribution is 0.178. The molecule has 166 valence electrons. The van der Waals surface area contributed by atoms with Crippen molar-refractivity contribution in [1.82, 2.24) is 24.3 Å². The Morgan fingerprint density at radius 1 is 1.10 bits per heavy atom. The van der Waals surface area contributed by atoms with Crippen LogP contribution >= 0.6 is 11.3 Å². The Hall–Kier alpha value is -2.08. The molecule has 3 aromatic rings. The Bertz CT molecular complexity index is 1220. The minimum atomic E-state index is -3.61. The standard InChI is InChI=1S/C20H26N6O3S2/c1-12-18(13(2)29-24-12)31(27,28)26-9-7-25(8-10-26)11-16-22-19(21)17-14-5-3-4-6-15(14)30-20(17)23-16/h3-11H2,1-2H3,(H2,21,22,23). The number of sulfonamides is 1. The summed E-state index contributed by atoms with van der Waals surface area (Å²) in [5, 5.41) is 4.83. The highest BCUT2D eigenvalue weighted by atomic mass is 32.2. The zero-order valence-corrected chi connectivity index (χ0v) is 19.4. The molecule has 1 aliphatic carbocycles. The van der Waals surface area contributed by atoms with E-state index in [-0.39, 0.29) is 4.90 Å². The molecule has 0 atom stereocenters. The van der Waals surface area contributed by atoms with Gasteiger partial charge in [-0.15, -0.1) is 11.3 Å². The van der Waals surface area contributed by atoms with Gasteiger partial charge in [0.1, 0.15) is 27.1 Å². The van der Waals surface area contributed by atoms with E-state index in [4.69, 9.17) is 15.2 Å². The van der Waals surface area contributed by atoms with Gasteiger partial charge in [-0.2, -0.15) is 4.31 Å². The molecule has 2 aliphatic rings. The zero-order chi connectivity index (χ0) is 21.8. The monoisotopic (exact) mass is 462 g/mol. The van der Waals surface area contributed by atoms with Gasteiger partial charge in [-0.3, -0.25) is 4.90 Å². The van der Waals surface area contributed by atoms with Crippen molar-refractivity contribution in [2.24, 2.45) is 0 Å². The summed E-state index contributed by atoms with van der Waals surface area (Å²) in [6.45, 7) is 5.84. The van der Waals surface area contributed by atoms with Crippen LogP contribution in [0.3, 0.4) is 0 Å². The lowest BCUT2D eigenvalue weighted by Gasteiger charge is -2.33. The number of aromatic nitrogens is 3. The first-order valence-corrected chi connectivity index (χ1v) is 12.8. The fraction of sp³-hybridized carbons (Fsp3) is 0.550. The first-order valence-electron chi connectivity index (χ1n) is 10.6. The summed E-state index contributed by atoms with van der Waals surface area (Å²) in [4.78, 5) is 14.1.